The van der Waals surface area contributed by atoms with Gasteiger partial charge in [-0.05, 0) is 19.4 Å². The van der Waals surface area contributed by atoms with Crippen LogP contribution in [0.15, 0.2) is 24.8 Å². The molecule has 0 aromatic carbocycles. The molecule has 0 aliphatic carbocycles. The Kier molecular flexibility index (Phi) is 3.51. The van der Waals surface area contributed by atoms with Gasteiger partial charge in [0.15, 0.2) is 11.6 Å². The molecule has 3 rings (SSSR count). The molecule has 2 aromatic rings. The van der Waals surface area contributed by atoms with Gasteiger partial charge in [-0.1, -0.05) is 0 Å². The summed E-state index contributed by atoms with van der Waals surface area (Å²) < 4.78 is 7.30. The van der Waals surface area contributed by atoms with Crippen LogP contribution >= 0.6 is 0 Å². The van der Waals surface area contributed by atoms with Crippen LogP contribution in [0.5, 0.6) is 0 Å². The molecule has 7 heteroatoms. The quantitative estimate of drug-likeness (QED) is 0.874. The predicted molar refractivity (Wildman–Crippen MR) is 75.8 cm³/mol. The monoisotopic (exact) mass is 274 g/mol. The molecule has 1 saturated heterocycles. The molecule has 0 spiro atoms. The van der Waals surface area contributed by atoms with E-state index in [0.717, 1.165) is 31.9 Å². The topological polar surface area (TPSA) is 82.1 Å². The molecule has 1 atom stereocenters. The van der Waals surface area contributed by atoms with Gasteiger partial charge in [0, 0.05) is 32.1 Å². The molecule has 0 saturated carbocycles. The summed E-state index contributed by atoms with van der Waals surface area (Å²) in [6.07, 6.45) is 6.17. The van der Waals surface area contributed by atoms with Crippen molar-refractivity contribution in [3.63, 3.8) is 0 Å². The van der Waals surface area contributed by atoms with Crippen molar-refractivity contribution in [1.29, 1.82) is 0 Å². The summed E-state index contributed by atoms with van der Waals surface area (Å²) in [6.45, 7) is 4.49. The summed E-state index contributed by atoms with van der Waals surface area (Å²) >= 11 is 0. The molecule has 1 unspecified atom stereocenters. The molecule has 2 aromatic heterocycles. The average molecular weight is 274 g/mol. The van der Waals surface area contributed by atoms with Gasteiger partial charge >= 0.3 is 0 Å². The van der Waals surface area contributed by atoms with Crippen molar-refractivity contribution in [1.82, 2.24) is 19.7 Å². The van der Waals surface area contributed by atoms with Crippen LogP contribution < -0.4 is 10.6 Å². The van der Waals surface area contributed by atoms with E-state index in [1.165, 1.54) is 6.33 Å². The minimum absolute atomic E-state index is 0.167. The number of rotatable bonds is 2. The van der Waals surface area contributed by atoms with E-state index in [9.17, 15) is 0 Å². The summed E-state index contributed by atoms with van der Waals surface area (Å²) in [7, 11) is 0. The Bertz CT molecular complexity index is 570. The van der Waals surface area contributed by atoms with Gasteiger partial charge in [-0.3, -0.25) is 0 Å². The van der Waals surface area contributed by atoms with Crippen LogP contribution in [0, 0.1) is 0 Å². The Morgan fingerprint density at radius 3 is 3.00 bits per heavy atom. The summed E-state index contributed by atoms with van der Waals surface area (Å²) in [5.74, 6) is 1.36. The molecular formula is C13H18N6O. The molecule has 7 nitrogen and oxygen atoms in total. The second-order valence-electron chi connectivity index (χ2n) is 4.87. The molecule has 106 valence electrons. The lowest BCUT2D eigenvalue weighted by Crippen LogP contribution is -2.31. The van der Waals surface area contributed by atoms with Gasteiger partial charge in [0.25, 0.3) is 0 Å². The van der Waals surface area contributed by atoms with E-state index in [2.05, 4.69) is 26.9 Å². The SMILES string of the molecule is CC1CN(c2ncnc(-n3cccn3)c2N)CCCO1. The van der Waals surface area contributed by atoms with Gasteiger partial charge < -0.3 is 15.4 Å². The first kappa shape index (κ1) is 12.9. The van der Waals surface area contributed by atoms with E-state index in [4.69, 9.17) is 10.5 Å². The third kappa shape index (κ3) is 2.44. The number of hydrogen-bond donors (Lipinski definition) is 1. The number of nitrogens with two attached hydrogens (primary N) is 1. The number of nitrogen functional groups attached to an aromatic ring is 1. The fourth-order valence-electron chi connectivity index (χ4n) is 2.39. The zero-order valence-corrected chi connectivity index (χ0v) is 11.4. The Labute approximate surface area is 117 Å². The Hall–Kier alpha value is -2.15. The van der Waals surface area contributed by atoms with E-state index in [1.807, 2.05) is 12.3 Å². The molecule has 1 aliphatic rings. The standard InChI is InChI=1S/C13H18N6O/c1-10-8-18(5-3-7-20-10)12-11(14)13(16-9-15-12)19-6-2-4-17-19/h2,4,6,9-10H,3,5,7-8,14H2,1H3. The van der Waals surface area contributed by atoms with E-state index in [1.54, 1.807) is 10.9 Å². The number of aromatic nitrogens is 4. The Morgan fingerprint density at radius 1 is 1.35 bits per heavy atom. The molecule has 0 bridgehead atoms. The molecule has 2 N–H and O–H groups in total. The lowest BCUT2D eigenvalue weighted by atomic mass is 10.3. The first-order valence-electron chi connectivity index (χ1n) is 6.72. The summed E-state index contributed by atoms with van der Waals surface area (Å²) in [4.78, 5) is 10.7. The minimum atomic E-state index is 0.167. The van der Waals surface area contributed by atoms with Crippen molar-refractivity contribution in [3.8, 4) is 5.82 Å². The number of ether oxygens (including phenoxy) is 1. The molecule has 1 aliphatic heterocycles. The summed E-state index contributed by atoms with van der Waals surface area (Å²) in [5.41, 5.74) is 6.78. The van der Waals surface area contributed by atoms with Crippen LogP contribution in [-0.4, -0.2) is 45.5 Å². The smallest absolute Gasteiger partial charge is 0.181 e. The highest BCUT2D eigenvalue weighted by atomic mass is 16.5. The van der Waals surface area contributed by atoms with E-state index < -0.39 is 0 Å². The van der Waals surface area contributed by atoms with Crippen molar-refractivity contribution in [2.24, 2.45) is 0 Å². The van der Waals surface area contributed by atoms with Gasteiger partial charge in [0.1, 0.15) is 12.0 Å². The van der Waals surface area contributed by atoms with Gasteiger partial charge in [0.05, 0.1) is 6.10 Å². The van der Waals surface area contributed by atoms with Crippen LogP contribution in [-0.2, 0) is 4.74 Å². The lowest BCUT2D eigenvalue weighted by Gasteiger charge is -2.24. The van der Waals surface area contributed by atoms with E-state index in [-0.39, 0.29) is 6.10 Å². The zero-order valence-electron chi connectivity index (χ0n) is 11.4. The van der Waals surface area contributed by atoms with Crippen molar-refractivity contribution >= 4 is 11.5 Å². The largest absolute Gasteiger partial charge is 0.393 e. The van der Waals surface area contributed by atoms with Crippen molar-refractivity contribution in [3.05, 3.63) is 24.8 Å². The van der Waals surface area contributed by atoms with Gasteiger partial charge in [-0.15, -0.1) is 0 Å². The number of nitrogens with zero attached hydrogens (tertiary/aromatic N) is 5. The highest BCUT2D eigenvalue weighted by Crippen LogP contribution is 2.26. The van der Waals surface area contributed by atoms with Gasteiger partial charge in [-0.25, -0.2) is 14.6 Å². The van der Waals surface area contributed by atoms with Gasteiger partial charge in [-0.2, -0.15) is 5.10 Å². The maximum Gasteiger partial charge on any atom is 0.181 e. The zero-order chi connectivity index (χ0) is 13.9. The normalized spacial score (nSPS) is 19.9. The number of hydrogen-bond acceptors (Lipinski definition) is 6. The van der Waals surface area contributed by atoms with Crippen LogP contribution in [0.3, 0.4) is 0 Å². The minimum Gasteiger partial charge on any atom is -0.393 e. The van der Waals surface area contributed by atoms with Gasteiger partial charge in [0.2, 0.25) is 0 Å². The Balaban J connectivity index is 1.95. The molecule has 0 radical (unpaired) electrons. The highest BCUT2D eigenvalue weighted by Gasteiger charge is 2.20. The first-order chi connectivity index (χ1) is 9.75. The molecule has 20 heavy (non-hydrogen) atoms. The van der Waals surface area contributed by atoms with Crippen molar-refractivity contribution < 1.29 is 4.74 Å². The molecular weight excluding hydrogens is 256 g/mol. The van der Waals surface area contributed by atoms with Crippen LogP contribution in [0.4, 0.5) is 11.5 Å². The maximum atomic E-state index is 6.23. The fourth-order valence-corrected chi connectivity index (χ4v) is 2.39. The summed E-state index contributed by atoms with van der Waals surface area (Å²) in [6, 6.07) is 1.84. The average Bonchev–Trinajstić information content (AvgIpc) is 2.88. The third-order valence-electron chi connectivity index (χ3n) is 3.32. The fraction of sp³-hybridized carbons (Fsp3) is 0.462. The lowest BCUT2D eigenvalue weighted by molar-refractivity contribution is 0.0820. The molecule has 0 amide bonds. The third-order valence-corrected chi connectivity index (χ3v) is 3.32. The van der Waals surface area contributed by atoms with Crippen LogP contribution in [0.1, 0.15) is 13.3 Å². The number of anilines is 2. The molecule has 3 heterocycles. The van der Waals surface area contributed by atoms with E-state index >= 15 is 0 Å². The maximum absolute atomic E-state index is 6.23. The van der Waals surface area contributed by atoms with E-state index in [0.29, 0.717) is 11.5 Å². The van der Waals surface area contributed by atoms with Crippen molar-refractivity contribution in [2.75, 3.05) is 30.3 Å². The van der Waals surface area contributed by atoms with Crippen molar-refractivity contribution in [2.45, 2.75) is 19.4 Å². The molecule has 1 fully saturated rings. The highest BCUT2D eigenvalue weighted by molar-refractivity contribution is 5.70. The van der Waals surface area contributed by atoms with Crippen LogP contribution in [0.25, 0.3) is 5.82 Å². The summed E-state index contributed by atoms with van der Waals surface area (Å²) in [5, 5.41) is 4.17. The Morgan fingerprint density at radius 2 is 2.20 bits per heavy atom. The second kappa shape index (κ2) is 5.46. The first-order valence-corrected chi connectivity index (χ1v) is 6.72. The second-order valence-corrected chi connectivity index (χ2v) is 4.87. The predicted octanol–water partition coefficient (Wildman–Crippen LogP) is 0.860. The van der Waals surface area contributed by atoms with Crippen LogP contribution in [0.2, 0.25) is 0 Å².